The van der Waals surface area contributed by atoms with Crippen LogP contribution in [0.5, 0.6) is 5.88 Å². The highest BCUT2D eigenvalue weighted by Crippen LogP contribution is 2.32. The Hall–Kier alpha value is -3.64. The summed E-state index contributed by atoms with van der Waals surface area (Å²) in [6.07, 6.45) is 3.51. The second kappa shape index (κ2) is 9.24. The number of benzene rings is 2. The number of fused-ring (bicyclic) bond motifs is 1. The molecule has 2 N–H and O–H groups in total. The molecular weight excluding hydrogens is 398 g/mol. The van der Waals surface area contributed by atoms with Gasteiger partial charge in [-0.2, -0.15) is 0 Å². The average molecular weight is 428 g/mol. The van der Waals surface area contributed by atoms with Crippen molar-refractivity contribution in [1.82, 2.24) is 14.9 Å². The number of aromatic amines is 1. The Morgan fingerprint density at radius 3 is 2.50 bits per heavy atom. The molecule has 2 aromatic carbocycles. The largest absolute Gasteiger partial charge is 0.494 e. The molecule has 2 aromatic heterocycles. The average Bonchev–Trinajstić information content (AvgIpc) is 3.11. The molecule has 0 amide bonds. The molecule has 0 unspecified atom stereocenters. The van der Waals surface area contributed by atoms with Crippen molar-refractivity contribution in [3.8, 4) is 5.88 Å². The van der Waals surface area contributed by atoms with E-state index in [9.17, 15) is 5.11 Å². The van der Waals surface area contributed by atoms with Gasteiger partial charge in [-0.3, -0.25) is 4.98 Å². The monoisotopic (exact) mass is 427 g/mol. The van der Waals surface area contributed by atoms with Crippen molar-refractivity contribution in [2.24, 2.45) is 4.99 Å². The number of aromatic hydroxyl groups is 1. The minimum absolute atomic E-state index is 0.105. The van der Waals surface area contributed by atoms with Gasteiger partial charge in [-0.05, 0) is 69.0 Å². The number of hydrogen-bond donors (Lipinski definition) is 2. The number of pyridine rings is 1. The van der Waals surface area contributed by atoms with Gasteiger partial charge < -0.3 is 19.9 Å². The molecule has 4 rings (SSSR count). The molecule has 0 saturated carbocycles. The number of H-pyrrole nitrogens is 1. The number of anilines is 1. The van der Waals surface area contributed by atoms with Gasteiger partial charge >= 0.3 is 0 Å². The third-order valence-electron chi connectivity index (χ3n) is 5.52. The Morgan fingerprint density at radius 2 is 1.81 bits per heavy atom. The predicted molar refractivity (Wildman–Crippen MR) is 133 cm³/mol. The van der Waals surface area contributed by atoms with Crippen molar-refractivity contribution in [2.75, 3.05) is 39.1 Å². The van der Waals surface area contributed by atoms with Gasteiger partial charge in [-0.25, -0.2) is 4.99 Å². The fourth-order valence-electron chi connectivity index (χ4n) is 3.69. The summed E-state index contributed by atoms with van der Waals surface area (Å²) in [4.78, 5) is 16.7. The lowest BCUT2D eigenvalue weighted by Gasteiger charge is -2.21. The highest BCUT2D eigenvalue weighted by atomic mass is 16.3. The Balaban J connectivity index is 1.75. The first-order valence-corrected chi connectivity index (χ1v) is 10.7. The summed E-state index contributed by atoms with van der Waals surface area (Å²) in [5.74, 6) is 0.105. The van der Waals surface area contributed by atoms with E-state index in [1.807, 2.05) is 49.4 Å². The normalized spacial score (nSPS) is 12.0. The van der Waals surface area contributed by atoms with Crippen LogP contribution < -0.4 is 4.90 Å². The standard InChI is InChI=1S/C26H29N5O/c1-18-7-12-22-23(16-18)29-26(32)24(22)25(19-6-5-13-27-17-19)28-20-8-10-21(11-9-20)31(4)15-14-30(2)3/h5-13,16-17,29,32H,14-15H2,1-4H3. The van der Waals surface area contributed by atoms with Crippen molar-refractivity contribution in [3.63, 3.8) is 0 Å². The lowest BCUT2D eigenvalue weighted by Crippen LogP contribution is -2.28. The molecular formula is C26H29N5O. The van der Waals surface area contributed by atoms with Crippen LogP contribution in [-0.2, 0) is 0 Å². The molecule has 0 spiro atoms. The zero-order valence-electron chi connectivity index (χ0n) is 19.0. The smallest absolute Gasteiger partial charge is 0.199 e. The second-order valence-electron chi connectivity index (χ2n) is 8.34. The molecule has 32 heavy (non-hydrogen) atoms. The van der Waals surface area contributed by atoms with Crippen LogP contribution in [0.25, 0.3) is 10.9 Å². The van der Waals surface area contributed by atoms with Crippen LogP contribution in [0.4, 0.5) is 11.4 Å². The van der Waals surface area contributed by atoms with Gasteiger partial charge in [0, 0.05) is 54.7 Å². The Labute approximate surface area is 188 Å². The minimum Gasteiger partial charge on any atom is -0.494 e. The van der Waals surface area contributed by atoms with Gasteiger partial charge in [0.2, 0.25) is 0 Å². The number of rotatable bonds is 7. The molecule has 4 aromatic rings. The van der Waals surface area contributed by atoms with Crippen molar-refractivity contribution in [2.45, 2.75) is 6.92 Å². The van der Waals surface area contributed by atoms with Gasteiger partial charge in [0.15, 0.2) is 5.88 Å². The van der Waals surface area contributed by atoms with Crippen LogP contribution in [0.1, 0.15) is 16.7 Å². The maximum Gasteiger partial charge on any atom is 0.199 e. The number of nitrogens with zero attached hydrogens (tertiary/aromatic N) is 4. The van der Waals surface area contributed by atoms with E-state index in [1.165, 1.54) is 0 Å². The number of aromatic nitrogens is 2. The van der Waals surface area contributed by atoms with E-state index < -0.39 is 0 Å². The molecule has 6 nitrogen and oxygen atoms in total. The summed E-state index contributed by atoms with van der Waals surface area (Å²) in [6.45, 7) is 3.96. The highest BCUT2D eigenvalue weighted by molar-refractivity contribution is 6.21. The van der Waals surface area contributed by atoms with Crippen LogP contribution in [0, 0.1) is 6.92 Å². The van der Waals surface area contributed by atoms with Crippen LogP contribution in [0.2, 0.25) is 0 Å². The van der Waals surface area contributed by atoms with Crippen molar-refractivity contribution in [3.05, 3.63) is 83.7 Å². The molecule has 0 aliphatic rings. The fraction of sp³-hybridized carbons (Fsp3) is 0.231. The number of likely N-dealkylation sites (N-methyl/N-ethyl adjacent to an activating group) is 2. The first kappa shape index (κ1) is 21.6. The lowest BCUT2D eigenvalue weighted by atomic mass is 10.0. The van der Waals surface area contributed by atoms with Crippen LogP contribution in [0.3, 0.4) is 0 Å². The molecule has 0 fully saturated rings. The topological polar surface area (TPSA) is 67.8 Å². The Morgan fingerprint density at radius 1 is 1.03 bits per heavy atom. The molecule has 0 radical (unpaired) electrons. The van der Waals surface area contributed by atoms with Crippen molar-refractivity contribution in [1.29, 1.82) is 0 Å². The second-order valence-corrected chi connectivity index (χ2v) is 8.34. The molecule has 164 valence electrons. The summed E-state index contributed by atoms with van der Waals surface area (Å²) in [7, 11) is 6.24. The maximum atomic E-state index is 10.8. The summed E-state index contributed by atoms with van der Waals surface area (Å²) in [6, 6.07) is 18.1. The molecule has 0 bridgehead atoms. The molecule has 0 atom stereocenters. The third kappa shape index (κ3) is 4.65. The van der Waals surface area contributed by atoms with Crippen LogP contribution >= 0.6 is 0 Å². The van der Waals surface area contributed by atoms with Crippen molar-refractivity contribution >= 4 is 28.0 Å². The van der Waals surface area contributed by atoms with E-state index in [0.717, 1.165) is 46.5 Å². The van der Waals surface area contributed by atoms with E-state index in [0.29, 0.717) is 11.3 Å². The van der Waals surface area contributed by atoms with Gasteiger partial charge in [0.25, 0.3) is 0 Å². The highest BCUT2D eigenvalue weighted by Gasteiger charge is 2.19. The molecule has 0 aliphatic heterocycles. The molecule has 6 heteroatoms. The number of hydrogen-bond acceptors (Lipinski definition) is 5. The lowest BCUT2D eigenvalue weighted by molar-refractivity contribution is 0.416. The van der Waals surface area contributed by atoms with E-state index in [4.69, 9.17) is 4.99 Å². The molecule has 0 saturated heterocycles. The third-order valence-corrected chi connectivity index (χ3v) is 5.52. The number of nitrogens with one attached hydrogen (secondary N) is 1. The SMILES string of the molecule is Cc1ccc2c(C(=Nc3ccc(N(C)CCN(C)C)cc3)c3cccnc3)c(O)[nH]c2c1. The summed E-state index contributed by atoms with van der Waals surface area (Å²) < 4.78 is 0. The zero-order chi connectivity index (χ0) is 22.7. The number of aliphatic imine (C=N–C) groups is 1. The van der Waals surface area contributed by atoms with Gasteiger partial charge in [0.05, 0.1) is 17.0 Å². The Bertz CT molecular complexity index is 1230. The fourth-order valence-corrected chi connectivity index (χ4v) is 3.69. The molecule has 0 aliphatic carbocycles. The Kier molecular flexibility index (Phi) is 6.23. The van der Waals surface area contributed by atoms with Gasteiger partial charge in [-0.1, -0.05) is 12.1 Å². The first-order valence-electron chi connectivity index (χ1n) is 10.7. The zero-order valence-corrected chi connectivity index (χ0v) is 19.0. The predicted octanol–water partition coefficient (Wildman–Crippen LogP) is 4.74. The van der Waals surface area contributed by atoms with E-state index in [2.05, 4.69) is 53.0 Å². The maximum absolute atomic E-state index is 10.8. The van der Waals surface area contributed by atoms with Gasteiger partial charge in [-0.15, -0.1) is 0 Å². The van der Waals surface area contributed by atoms with Crippen molar-refractivity contribution < 1.29 is 5.11 Å². The molecule has 2 heterocycles. The van der Waals surface area contributed by atoms with Gasteiger partial charge in [0.1, 0.15) is 0 Å². The summed E-state index contributed by atoms with van der Waals surface area (Å²) in [5.41, 5.74) is 6.16. The van der Waals surface area contributed by atoms with E-state index >= 15 is 0 Å². The quantitative estimate of drug-likeness (QED) is 0.418. The van der Waals surface area contributed by atoms with E-state index in [1.54, 1.807) is 12.4 Å². The van der Waals surface area contributed by atoms with Crippen LogP contribution in [0.15, 0.2) is 72.0 Å². The number of aryl methyl sites for hydroxylation is 1. The first-order chi connectivity index (χ1) is 15.4. The van der Waals surface area contributed by atoms with E-state index in [-0.39, 0.29) is 5.88 Å². The summed E-state index contributed by atoms with van der Waals surface area (Å²) in [5, 5.41) is 11.7. The summed E-state index contributed by atoms with van der Waals surface area (Å²) >= 11 is 0. The van der Waals surface area contributed by atoms with Crippen LogP contribution in [-0.4, -0.2) is 59.9 Å². The minimum atomic E-state index is 0.105.